The Morgan fingerprint density at radius 2 is 2.17 bits per heavy atom. The highest BCUT2D eigenvalue weighted by Crippen LogP contribution is 2.30. The summed E-state index contributed by atoms with van der Waals surface area (Å²) in [6.45, 7) is 0.643. The van der Waals surface area contributed by atoms with Crippen LogP contribution in [0.5, 0.6) is 5.75 Å². The zero-order valence-corrected chi connectivity index (χ0v) is 12.0. The Morgan fingerprint density at radius 3 is 2.96 bits per heavy atom. The summed E-state index contributed by atoms with van der Waals surface area (Å²) in [6.07, 6.45) is -3.06. The van der Waals surface area contributed by atoms with E-state index in [1.165, 1.54) is 0 Å². The molecule has 0 aliphatic carbocycles. The fourth-order valence-corrected chi connectivity index (χ4v) is 2.53. The third kappa shape index (κ3) is 3.30. The van der Waals surface area contributed by atoms with Crippen LogP contribution in [0.3, 0.4) is 0 Å². The molecule has 5 nitrogen and oxygen atoms in total. The summed E-state index contributed by atoms with van der Waals surface area (Å²) in [7, 11) is 0. The van der Waals surface area contributed by atoms with E-state index in [1.807, 2.05) is 29.4 Å². The van der Waals surface area contributed by atoms with E-state index in [2.05, 4.69) is 10.4 Å². The Labute approximate surface area is 129 Å². The van der Waals surface area contributed by atoms with E-state index in [9.17, 15) is 18.0 Å². The number of hydrogen-bond acceptors (Lipinski definition) is 3. The minimum absolute atomic E-state index is 0.00934. The smallest absolute Gasteiger partial charge is 0.433 e. The van der Waals surface area contributed by atoms with E-state index < -0.39 is 23.3 Å². The zero-order valence-electron chi connectivity index (χ0n) is 12.0. The first-order valence-corrected chi connectivity index (χ1v) is 7.04. The van der Waals surface area contributed by atoms with Gasteiger partial charge in [-0.1, -0.05) is 18.2 Å². The van der Waals surface area contributed by atoms with Gasteiger partial charge in [0, 0.05) is 12.5 Å². The molecule has 2 N–H and O–H groups in total. The van der Waals surface area contributed by atoms with Crippen LogP contribution in [-0.2, 0) is 12.6 Å². The van der Waals surface area contributed by atoms with Gasteiger partial charge in [-0.25, -0.2) is 0 Å². The number of carbonyl (C=O) groups is 1. The van der Waals surface area contributed by atoms with Crippen LogP contribution in [0.25, 0.3) is 0 Å². The Bertz CT molecular complexity index is 712. The summed E-state index contributed by atoms with van der Waals surface area (Å²) in [5.74, 6) is 0.0179. The Kier molecular flexibility index (Phi) is 3.97. The molecule has 0 saturated carbocycles. The van der Waals surface area contributed by atoms with Crippen molar-refractivity contribution in [2.75, 3.05) is 13.2 Å². The molecular weight excluding hydrogens is 311 g/mol. The predicted octanol–water partition coefficient (Wildman–Crippen LogP) is 2.41. The van der Waals surface area contributed by atoms with Gasteiger partial charge in [-0.3, -0.25) is 9.89 Å². The average Bonchev–Trinajstić information content (AvgIpc) is 3.02. The number of amides is 1. The maximum atomic E-state index is 12.7. The fraction of sp³-hybridized carbons (Fsp3) is 0.333. The SMILES string of the molecule is O=C(NC[C@H]1COc2ccccc2C1)c1cn[nH]c1C(F)(F)F. The van der Waals surface area contributed by atoms with Crippen LogP contribution in [0.4, 0.5) is 13.2 Å². The monoisotopic (exact) mass is 325 g/mol. The highest BCUT2D eigenvalue weighted by atomic mass is 19.4. The quantitative estimate of drug-likeness (QED) is 0.911. The summed E-state index contributed by atoms with van der Waals surface area (Å²) in [4.78, 5) is 11.9. The molecule has 0 unspecified atom stereocenters. The standard InChI is InChI=1S/C15H14F3N3O2/c16-15(17,18)13-11(7-20-21-13)14(22)19-6-9-5-10-3-1-2-4-12(10)23-8-9/h1-4,7,9H,5-6,8H2,(H,19,22)(H,20,21)/t9-/m0/s1. The van der Waals surface area contributed by atoms with Crippen LogP contribution in [-0.4, -0.2) is 29.3 Å². The number of H-pyrrole nitrogens is 1. The van der Waals surface area contributed by atoms with Crippen LogP contribution in [0.15, 0.2) is 30.5 Å². The Hall–Kier alpha value is -2.51. The van der Waals surface area contributed by atoms with Crippen molar-refractivity contribution < 1.29 is 22.7 Å². The van der Waals surface area contributed by atoms with Crippen LogP contribution >= 0.6 is 0 Å². The number of aromatic amines is 1. The number of alkyl halides is 3. The number of para-hydroxylation sites is 1. The van der Waals surface area contributed by atoms with Gasteiger partial charge in [0.2, 0.25) is 0 Å². The lowest BCUT2D eigenvalue weighted by Gasteiger charge is -2.25. The second-order valence-electron chi connectivity index (χ2n) is 5.36. The molecule has 8 heteroatoms. The molecule has 1 aromatic carbocycles. The lowest BCUT2D eigenvalue weighted by molar-refractivity contribution is -0.141. The van der Waals surface area contributed by atoms with E-state index in [0.29, 0.717) is 13.0 Å². The number of benzene rings is 1. The fourth-order valence-electron chi connectivity index (χ4n) is 2.53. The zero-order chi connectivity index (χ0) is 16.4. The van der Waals surface area contributed by atoms with Gasteiger partial charge in [0.05, 0.1) is 18.4 Å². The number of hydrogen-bond donors (Lipinski definition) is 2. The number of ether oxygens (including phenoxy) is 1. The third-order valence-electron chi connectivity index (χ3n) is 3.67. The molecule has 1 aliphatic heterocycles. The van der Waals surface area contributed by atoms with Crippen molar-refractivity contribution in [1.29, 1.82) is 0 Å². The van der Waals surface area contributed by atoms with Crippen molar-refractivity contribution in [3.63, 3.8) is 0 Å². The predicted molar refractivity (Wildman–Crippen MR) is 75.1 cm³/mol. The van der Waals surface area contributed by atoms with Crippen LogP contribution in [0.1, 0.15) is 21.6 Å². The van der Waals surface area contributed by atoms with Gasteiger partial charge in [0.1, 0.15) is 5.75 Å². The second-order valence-corrected chi connectivity index (χ2v) is 5.36. The van der Waals surface area contributed by atoms with Crippen molar-refractivity contribution in [3.8, 4) is 5.75 Å². The van der Waals surface area contributed by atoms with Crippen molar-refractivity contribution in [1.82, 2.24) is 15.5 Å². The average molecular weight is 325 g/mol. The summed E-state index contributed by atoms with van der Waals surface area (Å²) >= 11 is 0. The van der Waals surface area contributed by atoms with Gasteiger partial charge >= 0.3 is 6.18 Å². The highest BCUT2D eigenvalue weighted by Gasteiger charge is 2.37. The van der Waals surface area contributed by atoms with Gasteiger partial charge in [-0.2, -0.15) is 18.3 Å². The molecule has 1 aromatic heterocycles. The van der Waals surface area contributed by atoms with Crippen molar-refractivity contribution in [2.24, 2.45) is 5.92 Å². The number of carbonyl (C=O) groups excluding carboxylic acids is 1. The Morgan fingerprint density at radius 1 is 1.39 bits per heavy atom. The van der Waals surface area contributed by atoms with Crippen molar-refractivity contribution >= 4 is 5.91 Å². The van der Waals surface area contributed by atoms with E-state index in [4.69, 9.17) is 4.74 Å². The summed E-state index contributed by atoms with van der Waals surface area (Å²) in [6, 6.07) is 7.56. The van der Waals surface area contributed by atoms with Crippen molar-refractivity contribution in [3.05, 3.63) is 47.3 Å². The number of halogens is 3. The number of nitrogens with one attached hydrogen (secondary N) is 2. The molecule has 1 aliphatic rings. The topological polar surface area (TPSA) is 67.0 Å². The van der Waals surface area contributed by atoms with Crippen LogP contribution in [0.2, 0.25) is 0 Å². The van der Waals surface area contributed by atoms with Gasteiger partial charge in [0.15, 0.2) is 5.69 Å². The second kappa shape index (κ2) is 5.94. The summed E-state index contributed by atoms with van der Waals surface area (Å²) in [5, 5.41) is 7.64. The lowest BCUT2D eigenvalue weighted by atomic mass is 9.96. The molecule has 122 valence electrons. The van der Waals surface area contributed by atoms with E-state index in [0.717, 1.165) is 17.5 Å². The first-order chi connectivity index (χ1) is 10.9. The molecule has 0 radical (unpaired) electrons. The lowest BCUT2D eigenvalue weighted by Crippen LogP contribution is -2.35. The number of nitrogens with zero attached hydrogens (tertiary/aromatic N) is 1. The molecular formula is C15H14F3N3O2. The molecule has 0 spiro atoms. The molecule has 2 heterocycles. The normalized spacial score (nSPS) is 17.3. The molecule has 0 fully saturated rings. The highest BCUT2D eigenvalue weighted by molar-refractivity contribution is 5.95. The number of fused-ring (bicyclic) bond motifs is 1. The largest absolute Gasteiger partial charge is 0.493 e. The first-order valence-electron chi connectivity index (χ1n) is 7.04. The summed E-state index contributed by atoms with van der Waals surface area (Å²) in [5.41, 5.74) is -0.618. The minimum atomic E-state index is -4.64. The maximum absolute atomic E-state index is 12.7. The van der Waals surface area contributed by atoms with Crippen LogP contribution < -0.4 is 10.1 Å². The van der Waals surface area contributed by atoms with E-state index >= 15 is 0 Å². The molecule has 1 atom stereocenters. The molecule has 3 rings (SSSR count). The van der Waals surface area contributed by atoms with Gasteiger partial charge < -0.3 is 10.1 Å². The Balaban J connectivity index is 1.62. The van der Waals surface area contributed by atoms with E-state index in [-0.39, 0.29) is 12.5 Å². The minimum Gasteiger partial charge on any atom is -0.493 e. The van der Waals surface area contributed by atoms with Gasteiger partial charge in [-0.15, -0.1) is 0 Å². The number of rotatable bonds is 3. The maximum Gasteiger partial charge on any atom is 0.433 e. The number of aromatic nitrogens is 2. The molecule has 1 amide bonds. The van der Waals surface area contributed by atoms with Gasteiger partial charge in [-0.05, 0) is 18.1 Å². The molecule has 2 aromatic rings. The van der Waals surface area contributed by atoms with Crippen LogP contribution in [0, 0.1) is 5.92 Å². The molecule has 0 saturated heterocycles. The van der Waals surface area contributed by atoms with E-state index in [1.54, 1.807) is 0 Å². The van der Waals surface area contributed by atoms with Gasteiger partial charge in [0.25, 0.3) is 5.91 Å². The van der Waals surface area contributed by atoms with Crippen molar-refractivity contribution in [2.45, 2.75) is 12.6 Å². The first kappa shape index (κ1) is 15.4. The third-order valence-corrected chi connectivity index (χ3v) is 3.67. The molecule has 23 heavy (non-hydrogen) atoms. The summed E-state index contributed by atoms with van der Waals surface area (Å²) < 4.78 is 43.8. The molecule has 0 bridgehead atoms.